The van der Waals surface area contributed by atoms with Crippen LogP contribution in [0.3, 0.4) is 0 Å². The van der Waals surface area contributed by atoms with Crippen LogP contribution in [-0.4, -0.2) is 23.7 Å². The van der Waals surface area contributed by atoms with E-state index in [2.05, 4.69) is 10.6 Å². The van der Waals surface area contributed by atoms with Gasteiger partial charge in [0.05, 0.1) is 0 Å². The zero-order valence-corrected chi connectivity index (χ0v) is 11.0. The summed E-state index contributed by atoms with van der Waals surface area (Å²) in [6.45, 7) is 0.972. The van der Waals surface area contributed by atoms with Gasteiger partial charge < -0.3 is 15.7 Å². The van der Waals surface area contributed by atoms with Gasteiger partial charge in [-0.15, -0.1) is 0 Å². The average Bonchev–Trinajstić information content (AvgIpc) is 2.34. The number of hydrogen-bond donors (Lipinski definition) is 3. The first-order valence-corrected chi connectivity index (χ1v) is 6.04. The van der Waals surface area contributed by atoms with Gasteiger partial charge in [0.15, 0.2) is 0 Å². The van der Waals surface area contributed by atoms with Crippen LogP contribution in [0.4, 0.5) is 19.3 Å². The van der Waals surface area contributed by atoms with Crippen LogP contribution in [0.25, 0.3) is 0 Å². The molecular weight excluding hydrogens is 270 g/mol. The van der Waals surface area contributed by atoms with Crippen molar-refractivity contribution in [2.24, 2.45) is 0 Å². The lowest BCUT2D eigenvalue weighted by atomic mass is 10.1. The largest absolute Gasteiger partial charge is 0.481 e. The highest BCUT2D eigenvalue weighted by atomic mass is 19.3. The van der Waals surface area contributed by atoms with E-state index in [1.807, 2.05) is 0 Å². The number of alkyl halides is 2. The van der Waals surface area contributed by atoms with Crippen molar-refractivity contribution in [3.05, 3.63) is 29.8 Å². The molecule has 1 aromatic carbocycles. The Labute approximate surface area is 115 Å². The number of carboxylic acid groups (broad SMARTS) is 1. The van der Waals surface area contributed by atoms with Crippen LogP contribution in [0.2, 0.25) is 0 Å². The number of rotatable bonds is 6. The number of nitrogens with one attached hydrogen (secondary N) is 2. The highest BCUT2D eigenvalue weighted by Gasteiger charge is 2.24. The van der Waals surface area contributed by atoms with E-state index in [1.165, 1.54) is 24.3 Å². The zero-order valence-electron chi connectivity index (χ0n) is 11.0. The predicted molar refractivity (Wildman–Crippen MR) is 69.9 cm³/mol. The van der Waals surface area contributed by atoms with Crippen LogP contribution in [0, 0.1) is 0 Å². The molecule has 0 atom stereocenters. The van der Waals surface area contributed by atoms with Gasteiger partial charge in [-0.1, -0.05) is 12.1 Å². The summed E-state index contributed by atoms with van der Waals surface area (Å²) < 4.78 is 26.2. The Bertz CT molecular complexity index is 487. The summed E-state index contributed by atoms with van der Waals surface area (Å²) in [7, 11) is 0. The fourth-order valence-corrected chi connectivity index (χ4v) is 1.49. The molecule has 0 aliphatic heterocycles. The van der Waals surface area contributed by atoms with Crippen molar-refractivity contribution in [3.63, 3.8) is 0 Å². The molecule has 2 amide bonds. The monoisotopic (exact) mass is 286 g/mol. The van der Waals surface area contributed by atoms with Crippen LogP contribution >= 0.6 is 0 Å². The molecule has 20 heavy (non-hydrogen) atoms. The van der Waals surface area contributed by atoms with Crippen LogP contribution in [-0.2, 0) is 10.7 Å². The number of halogens is 2. The maximum atomic E-state index is 13.1. The lowest BCUT2D eigenvalue weighted by molar-refractivity contribution is -0.137. The Morgan fingerprint density at radius 2 is 2.05 bits per heavy atom. The standard InChI is InChI=1S/C13H16F2N2O3/c1-13(14,15)9-4-2-5-10(8-9)17-12(20)16-7-3-6-11(18)19/h2,4-5,8H,3,6-7H2,1H3,(H,18,19)(H2,16,17,20). The van der Waals surface area contributed by atoms with Crippen molar-refractivity contribution < 1.29 is 23.5 Å². The van der Waals surface area contributed by atoms with Crippen molar-refractivity contribution >= 4 is 17.7 Å². The smallest absolute Gasteiger partial charge is 0.319 e. The summed E-state index contributed by atoms with van der Waals surface area (Å²) in [5, 5.41) is 13.3. The Balaban J connectivity index is 2.48. The van der Waals surface area contributed by atoms with Crippen molar-refractivity contribution in [2.45, 2.75) is 25.7 Å². The highest BCUT2D eigenvalue weighted by molar-refractivity contribution is 5.89. The van der Waals surface area contributed by atoms with Gasteiger partial charge in [0, 0.05) is 31.1 Å². The Morgan fingerprint density at radius 1 is 1.35 bits per heavy atom. The second-order valence-electron chi connectivity index (χ2n) is 4.35. The van der Waals surface area contributed by atoms with Gasteiger partial charge in [-0.2, -0.15) is 0 Å². The molecule has 0 fully saturated rings. The molecule has 1 rings (SSSR count). The normalized spacial score (nSPS) is 10.9. The molecule has 0 unspecified atom stereocenters. The van der Waals surface area contributed by atoms with Gasteiger partial charge in [-0.05, 0) is 18.6 Å². The number of carbonyl (C=O) groups excluding carboxylic acids is 1. The van der Waals surface area contributed by atoms with Gasteiger partial charge in [0.2, 0.25) is 0 Å². The maximum Gasteiger partial charge on any atom is 0.319 e. The zero-order chi connectivity index (χ0) is 15.2. The number of benzene rings is 1. The van der Waals surface area contributed by atoms with Gasteiger partial charge in [-0.3, -0.25) is 4.79 Å². The Hall–Kier alpha value is -2.18. The fourth-order valence-electron chi connectivity index (χ4n) is 1.49. The molecular formula is C13H16F2N2O3. The van der Waals surface area contributed by atoms with Crippen LogP contribution in [0.15, 0.2) is 24.3 Å². The first-order valence-electron chi connectivity index (χ1n) is 6.04. The molecule has 0 aliphatic rings. The summed E-state index contributed by atoms with van der Waals surface area (Å²) >= 11 is 0. The van der Waals surface area contributed by atoms with Crippen molar-refractivity contribution in [2.75, 3.05) is 11.9 Å². The van der Waals surface area contributed by atoms with Crippen molar-refractivity contribution in [1.29, 1.82) is 0 Å². The summed E-state index contributed by atoms with van der Waals surface area (Å²) in [4.78, 5) is 21.7. The molecule has 0 heterocycles. The number of anilines is 1. The van der Waals surface area contributed by atoms with Crippen LogP contribution in [0.5, 0.6) is 0 Å². The number of carboxylic acids is 1. The first-order chi connectivity index (χ1) is 9.29. The second kappa shape index (κ2) is 6.83. The molecule has 0 spiro atoms. The molecule has 5 nitrogen and oxygen atoms in total. The molecule has 0 bridgehead atoms. The van der Waals surface area contributed by atoms with E-state index < -0.39 is 17.9 Å². The highest BCUT2D eigenvalue weighted by Crippen LogP contribution is 2.28. The summed E-state index contributed by atoms with van der Waals surface area (Å²) in [5.41, 5.74) is 0.0564. The predicted octanol–water partition coefficient (Wildman–Crippen LogP) is 2.78. The van der Waals surface area contributed by atoms with E-state index in [4.69, 9.17) is 5.11 Å². The first kappa shape index (κ1) is 15.9. The minimum atomic E-state index is -2.98. The fraction of sp³-hybridized carbons (Fsp3) is 0.385. The van der Waals surface area contributed by atoms with E-state index in [0.29, 0.717) is 6.42 Å². The van der Waals surface area contributed by atoms with Crippen molar-refractivity contribution in [3.8, 4) is 0 Å². The van der Waals surface area contributed by atoms with E-state index >= 15 is 0 Å². The van der Waals surface area contributed by atoms with Gasteiger partial charge in [0.1, 0.15) is 0 Å². The Morgan fingerprint density at radius 3 is 2.65 bits per heavy atom. The second-order valence-corrected chi connectivity index (χ2v) is 4.35. The lowest BCUT2D eigenvalue weighted by Crippen LogP contribution is -2.29. The third-order valence-corrected chi connectivity index (χ3v) is 2.48. The lowest BCUT2D eigenvalue weighted by Gasteiger charge is -2.12. The molecule has 3 N–H and O–H groups in total. The molecule has 0 saturated carbocycles. The SMILES string of the molecule is CC(F)(F)c1cccc(NC(=O)NCCCC(=O)O)c1. The minimum Gasteiger partial charge on any atom is -0.481 e. The Kier molecular flexibility index (Phi) is 5.42. The molecule has 0 radical (unpaired) electrons. The minimum absolute atomic E-state index is 0.0438. The van der Waals surface area contributed by atoms with Gasteiger partial charge in [-0.25, -0.2) is 13.6 Å². The average molecular weight is 286 g/mol. The van der Waals surface area contributed by atoms with Gasteiger partial charge in [0.25, 0.3) is 5.92 Å². The molecule has 7 heteroatoms. The van der Waals surface area contributed by atoms with Gasteiger partial charge >= 0.3 is 12.0 Å². The molecule has 0 saturated heterocycles. The van der Waals surface area contributed by atoms with E-state index in [1.54, 1.807) is 0 Å². The van der Waals surface area contributed by atoms with Crippen LogP contribution in [0.1, 0.15) is 25.3 Å². The van der Waals surface area contributed by atoms with Crippen molar-refractivity contribution in [1.82, 2.24) is 5.32 Å². The van der Waals surface area contributed by atoms with E-state index in [0.717, 1.165) is 6.92 Å². The van der Waals surface area contributed by atoms with E-state index in [9.17, 15) is 18.4 Å². The number of amides is 2. The number of urea groups is 1. The number of hydrogen-bond acceptors (Lipinski definition) is 2. The topological polar surface area (TPSA) is 78.4 Å². The summed E-state index contributed by atoms with van der Waals surface area (Å²) in [5.74, 6) is -3.92. The quantitative estimate of drug-likeness (QED) is 0.704. The molecule has 1 aromatic rings. The summed E-state index contributed by atoms with van der Waals surface area (Å²) in [6, 6.07) is 4.82. The summed E-state index contributed by atoms with van der Waals surface area (Å²) in [6.07, 6.45) is 0.258. The molecule has 0 aliphatic carbocycles. The number of carbonyl (C=O) groups is 2. The maximum absolute atomic E-state index is 13.1. The molecule has 0 aromatic heterocycles. The van der Waals surface area contributed by atoms with E-state index in [-0.39, 0.29) is 24.2 Å². The third-order valence-electron chi connectivity index (χ3n) is 2.48. The van der Waals surface area contributed by atoms with Crippen LogP contribution < -0.4 is 10.6 Å². The molecule has 110 valence electrons. The third kappa shape index (κ3) is 5.64. The number of aliphatic carboxylic acids is 1.